The SMILES string of the molecule is O=c1c(Nc2cc(F)cc(F)c2)c(NC(c2ccccc2)C(O)(c2ccccc2)c2ccccc2)c1=O. The van der Waals surface area contributed by atoms with Crippen molar-refractivity contribution in [2.75, 3.05) is 10.6 Å². The summed E-state index contributed by atoms with van der Waals surface area (Å²) in [4.78, 5) is 25.2. The molecule has 0 aliphatic rings. The molecule has 0 aromatic heterocycles. The van der Waals surface area contributed by atoms with Crippen LogP contribution in [0, 0.1) is 11.6 Å². The molecule has 5 aromatic carbocycles. The maximum atomic E-state index is 13.7. The number of nitrogens with one attached hydrogen (secondary N) is 2. The lowest BCUT2D eigenvalue weighted by molar-refractivity contribution is 0.0585. The second-order valence-corrected chi connectivity index (χ2v) is 8.68. The van der Waals surface area contributed by atoms with E-state index in [0.29, 0.717) is 22.8 Å². The predicted octanol–water partition coefficient (Wildman–Crippen LogP) is 5.39. The monoisotopic (exact) mass is 496 g/mol. The second-order valence-electron chi connectivity index (χ2n) is 8.68. The number of halogens is 2. The van der Waals surface area contributed by atoms with E-state index in [9.17, 15) is 23.5 Å². The van der Waals surface area contributed by atoms with Crippen LogP contribution in [0.15, 0.2) is 119 Å². The van der Waals surface area contributed by atoms with Gasteiger partial charge in [0.1, 0.15) is 28.6 Å². The molecule has 0 bridgehead atoms. The number of benzene rings is 4. The molecule has 7 heteroatoms. The van der Waals surface area contributed by atoms with E-state index in [1.54, 1.807) is 72.8 Å². The highest BCUT2D eigenvalue weighted by molar-refractivity contribution is 5.79. The summed E-state index contributed by atoms with van der Waals surface area (Å²) in [6.07, 6.45) is 0. The summed E-state index contributed by atoms with van der Waals surface area (Å²) >= 11 is 0. The normalized spacial score (nSPS) is 12.3. The van der Waals surface area contributed by atoms with Crippen molar-refractivity contribution < 1.29 is 13.9 Å². The van der Waals surface area contributed by atoms with Crippen LogP contribution in [0.25, 0.3) is 0 Å². The van der Waals surface area contributed by atoms with Gasteiger partial charge in [0, 0.05) is 11.8 Å². The molecule has 0 aliphatic carbocycles. The van der Waals surface area contributed by atoms with Crippen LogP contribution >= 0.6 is 0 Å². The van der Waals surface area contributed by atoms with Crippen LogP contribution in [0.4, 0.5) is 25.8 Å². The zero-order valence-electron chi connectivity index (χ0n) is 19.5. The van der Waals surface area contributed by atoms with Gasteiger partial charge in [0.2, 0.25) is 0 Å². The molecule has 0 fully saturated rings. The van der Waals surface area contributed by atoms with Crippen molar-refractivity contribution in [2.45, 2.75) is 11.6 Å². The summed E-state index contributed by atoms with van der Waals surface area (Å²) < 4.78 is 27.5. The van der Waals surface area contributed by atoms with Crippen molar-refractivity contribution in [3.05, 3.63) is 158 Å². The first-order valence-corrected chi connectivity index (χ1v) is 11.6. The quantitative estimate of drug-likeness (QED) is 0.251. The van der Waals surface area contributed by atoms with Crippen molar-refractivity contribution in [2.24, 2.45) is 0 Å². The molecule has 1 atom stereocenters. The maximum absolute atomic E-state index is 13.7. The van der Waals surface area contributed by atoms with Crippen molar-refractivity contribution in [1.29, 1.82) is 0 Å². The van der Waals surface area contributed by atoms with Crippen LogP contribution in [0.5, 0.6) is 0 Å². The van der Waals surface area contributed by atoms with E-state index in [1.807, 2.05) is 18.2 Å². The Morgan fingerprint density at radius 1 is 0.649 bits per heavy atom. The number of hydrogen-bond donors (Lipinski definition) is 3. The molecule has 0 spiro atoms. The largest absolute Gasteiger partial charge is 0.378 e. The molecule has 0 radical (unpaired) electrons. The Balaban J connectivity index is 1.64. The number of rotatable bonds is 8. The van der Waals surface area contributed by atoms with Gasteiger partial charge < -0.3 is 15.7 Å². The van der Waals surface area contributed by atoms with Gasteiger partial charge in [-0.05, 0) is 28.8 Å². The van der Waals surface area contributed by atoms with Gasteiger partial charge in [-0.2, -0.15) is 0 Å². The van der Waals surface area contributed by atoms with E-state index >= 15 is 0 Å². The van der Waals surface area contributed by atoms with Crippen LogP contribution in [-0.2, 0) is 5.60 Å². The average molecular weight is 497 g/mol. The lowest BCUT2D eigenvalue weighted by atomic mass is 9.77. The second kappa shape index (κ2) is 9.79. The van der Waals surface area contributed by atoms with Gasteiger partial charge in [0.25, 0.3) is 10.9 Å². The first-order chi connectivity index (χ1) is 17.9. The summed E-state index contributed by atoms with van der Waals surface area (Å²) in [5, 5.41) is 18.2. The van der Waals surface area contributed by atoms with Gasteiger partial charge in [-0.15, -0.1) is 0 Å². The Hall–Kier alpha value is -4.62. The van der Waals surface area contributed by atoms with Crippen LogP contribution in [-0.4, -0.2) is 5.11 Å². The lowest BCUT2D eigenvalue weighted by Gasteiger charge is -2.39. The third-order valence-electron chi connectivity index (χ3n) is 6.31. The molecule has 3 N–H and O–H groups in total. The third kappa shape index (κ3) is 4.52. The van der Waals surface area contributed by atoms with E-state index in [-0.39, 0.29) is 17.1 Å². The fraction of sp³-hybridized carbons (Fsp3) is 0.0667. The Bertz CT molecular complexity index is 1540. The average Bonchev–Trinajstić information content (AvgIpc) is 2.93. The van der Waals surface area contributed by atoms with E-state index in [4.69, 9.17) is 0 Å². The third-order valence-corrected chi connectivity index (χ3v) is 6.31. The van der Waals surface area contributed by atoms with Gasteiger partial charge in [-0.1, -0.05) is 91.0 Å². The Morgan fingerprint density at radius 2 is 1.11 bits per heavy atom. The highest BCUT2D eigenvalue weighted by Crippen LogP contribution is 2.43. The molecule has 5 aromatic rings. The van der Waals surface area contributed by atoms with Crippen molar-refractivity contribution in [1.82, 2.24) is 0 Å². The molecule has 5 nitrogen and oxygen atoms in total. The topological polar surface area (TPSA) is 78.4 Å². The van der Waals surface area contributed by atoms with Crippen LogP contribution in [0.3, 0.4) is 0 Å². The first-order valence-electron chi connectivity index (χ1n) is 11.6. The zero-order valence-corrected chi connectivity index (χ0v) is 19.5. The van der Waals surface area contributed by atoms with Crippen molar-refractivity contribution in [3.8, 4) is 0 Å². The molecular formula is C30H22F2N2O3. The summed E-state index contributed by atoms with van der Waals surface area (Å²) in [6.45, 7) is 0. The van der Waals surface area contributed by atoms with Gasteiger partial charge >= 0.3 is 0 Å². The lowest BCUT2D eigenvalue weighted by Crippen LogP contribution is -2.44. The highest BCUT2D eigenvalue weighted by Gasteiger charge is 2.42. The molecule has 1 unspecified atom stereocenters. The minimum Gasteiger partial charge on any atom is -0.378 e. The van der Waals surface area contributed by atoms with Crippen LogP contribution < -0.4 is 21.5 Å². The first kappa shape index (κ1) is 24.1. The van der Waals surface area contributed by atoms with Gasteiger partial charge in [0.15, 0.2) is 0 Å². The molecule has 0 heterocycles. The van der Waals surface area contributed by atoms with Gasteiger partial charge in [-0.25, -0.2) is 8.78 Å². The molecular weight excluding hydrogens is 474 g/mol. The van der Waals surface area contributed by atoms with E-state index in [2.05, 4.69) is 10.6 Å². The summed E-state index contributed by atoms with van der Waals surface area (Å²) in [5.41, 5.74) is -1.80. The summed E-state index contributed by atoms with van der Waals surface area (Å²) in [6, 6.07) is 28.8. The van der Waals surface area contributed by atoms with Crippen molar-refractivity contribution in [3.63, 3.8) is 0 Å². The Kier molecular flexibility index (Phi) is 6.38. The molecule has 0 amide bonds. The number of hydrogen-bond acceptors (Lipinski definition) is 5. The van der Waals surface area contributed by atoms with Crippen LogP contribution in [0.2, 0.25) is 0 Å². The maximum Gasteiger partial charge on any atom is 0.253 e. The molecule has 0 aliphatic heterocycles. The zero-order chi connectivity index (χ0) is 26.0. The Morgan fingerprint density at radius 3 is 1.62 bits per heavy atom. The summed E-state index contributed by atoms with van der Waals surface area (Å²) in [5.74, 6) is -1.67. The standard InChI is InChI=1S/C30H22F2N2O3/c31-22-16-23(32)18-24(17-22)33-25-26(28(36)27(25)35)34-29(19-10-4-1-5-11-19)30(37,20-12-6-2-7-13-20)21-14-8-3-9-15-21/h1-18,29,33-34,37H. The molecule has 37 heavy (non-hydrogen) atoms. The van der Waals surface area contributed by atoms with Gasteiger partial charge in [-0.3, -0.25) is 9.59 Å². The highest BCUT2D eigenvalue weighted by atomic mass is 19.1. The molecule has 5 rings (SSSR count). The molecule has 184 valence electrons. The fourth-order valence-electron chi connectivity index (χ4n) is 4.52. The Labute approximate surface area is 211 Å². The number of anilines is 3. The minimum absolute atomic E-state index is 0.0229. The summed E-state index contributed by atoms with van der Waals surface area (Å²) in [7, 11) is 0. The van der Waals surface area contributed by atoms with E-state index in [1.165, 1.54) is 0 Å². The molecule has 0 saturated heterocycles. The van der Waals surface area contributed by atoms with Crippen molar-refractivity contribution >= 4 is 17.1 Å². The van der Waals surface area contributed by atoms with Crippen LogP contribution in [0.1, 0.15) is 22.7 Å². The smallest absolute Gasteiger partial charge is 0.253 e. The van der Waals surface area contributed by atoms with E-state index < -0.39 is 34.1 Å². The fourth-order valence-corrected chi connectivity index (χ4v) is 4.52. The number of aliphatic hydroxyl groups is 1. The minimum atomic E-state index is -1.67. The molecule has 0 saturated carbocycles. The van der Waals surface area contributed by atoms with Gasteiger partial charge in [0.05, 0.1) is 6.04 Å². The predicted molar refractivity (Wildman–Crippen MR) is 140 cm³/mol. The van der Waals surface area contributed by atoms with E-state index in [0.717, 1.165) is 12.1 Å².